The summed E-state index contributed by atoms with van der Waals surface area (Å²) in [4.78, 5) is 10.5. The number of alkyl halides is 1. The molecule has 16 heavy (non-hydrogen) atoms. The molecular formula is C13H13ClO2. The minimum Gasteiger partial charge on any atom is -0.435 e. The molecule has 0 aromatic heterocycles. The van der Waals surface area contributed by atoms with E-state index in [4.69, 9.17) is 16.3 Å². The summed E-state index contributed by atoms with van der Waals surface area (Å²) in [6.45, 7) is 1.35. The molecule has 0 saturated heterocycles. The van der Waals surface area contributed by atoms with Crippen LogP contribution in [0.4, 0.5) is 0 Å². The number of benzene rings is 1. The van der Waals surface area contributed by atoms with Crippen LogP contribution < -0.4 is 0 Å². The molecule has 3 heteroatoms. The number of esters is 1. The second-order valence-electron chi connectivity index (χ2n) is 3.18. The first-order chi connectivity index (χ1) is 7.72. The SMILES string of the molecule is CC(=O)O/C=C/C(=C\c1ccccc1)CCl. The highest BCUT2D eigenvalue weighted by Crippen LogP contribution is 2.09. The number of rotatable bonds is 4. The Morgan fingerprint density at radius 1 is 1.38 bits per heavy atom. The Morgan fingerprint density at radius 2 is 2.06 bits per heavy atom. The summed E-state index contributed by atoms with van der Waals surface area (Å²) in [5.74, 6) is 0.0250. The molecule has 0 heterocycles. The number of halogens is 1. The van der Waals surface area contributed by atoms with Crippen LogP contribution in [0.1, 0.15) is 12.5 Å². The molecule has 0 N–H and O–H groups in total. The average Bonchev–Trinajstić information content (AvgIpc) is 2.28. The Balaban J connectivity index is 2.71. The van der Waals surface area contributed by atoms with Gasteiger partial charge in [0.05, 0.1) is 6.26 Å². The summed E-state index contributed by atoms with van der Waals surface area (Å²) in [5, 5.41) is 0. The fourth-order valence-corrected chi connectivity index (χ4v) is 1.28. The molecule has 0 saturated carbocycles. The third kappa shape index (κ3) is 4.80. The zero-order chi connectivity index (χ0) is 11.8. The van der Waals surface area contributed by atoms with Crippen molar-refractivity contribution in [3.05, 3.63) is 53.8 Å². The first kappa shape index (κ1) is 12.5. The van der Waals surface area contributed by atoms with E-state index in [-0.39, 0.29) is 5.97 Å². The highest BCUT2D eigenvalue weighted by atomic mass is 35.5. The Kier molecular flexibility index (Phi) is 5.37. The summed E-state index contributed by atoms with van der Waals surface area (Å²) >= 11 is 5.77. The standard InChI is InChI=1S/C13H13ClO2/c1-11(15)16-8-7-13(10-14)9-12-5-3-2-4-6-12/h2-9H,10H2,1H3/b8-7+,13-9+. The normalized spacial score (nSPS) is 11.8. The molecule has 84 valence electrons. The van der Waals surface area contributed by atoms with E-state index in [0.717, 1.165) is 11.1 Å². The number of carbonyl (C=O) groups excluding carboxylic acids is 1. The zero-order valence-electron chi connectivity index (χ0n) is 9.02. The van der Waals surface area contributed by atoms with E-state index in [1.807, 2.05) is 36.4 Å². The van der Waals surface area contributed by atoms with Crippen molar-refractivity contribution in [3.8, 4) is 0 Å². The lowest BCUT2D eigenvalue weighted by Crippen LogP contribution is -1.90. The van der Waals surface area contributed by atoms with Gasteiger partial charge < -0.3 is 4.74 Å². The Labute approximate surface area is 100 Å². The molecule has 1 rings (SSSR count). The van der Waals surface area contributed by atoms with E-state index in [9.17, 15) is 4.79 Å². The molecule has 0 bridgehead atoms. The first-order valence-corrected chi connectivity index (χ1v) is 5.41. The van der Waals surface area contributed by atoms with Crippen LogP contribution in [0, 0.1) is 0 Å². The number of carbonyl (C=O) groups is 1. The third-order valence-corrected chi connectivity index (χ3v) is 2.13. The van der Waals surface area contributed by atoms with E-state index in [1.165, 1.54) is 13.2 Å². The van der Waals surface area contributed by atoms with Crippen LogP contribution in [0.3, 0.4) is 0 Å². The molecule has 0 unspecified atom stereocenters. The molecule has 0 amide bonds. The lowest BCUT2D eigenvalue weighted by atomic mass is 10.1. The largest absolute Gasteiger partial charge is 0.435 e. The monoisotopic (exact) mass is 236 g/mol. The van der Waals surface area contributed by atoms with Gasteiger partial charge in [-0.3, -0.25) is 4.79 Å². The molecular weight excluding hydrogens is 224 g/mol. The van der Waals surface area contributed by atoms with Crippen molar-refractivity contribution in [2.45, 2.75) is 6.92 Å². The quantitative estimate of drug-likeness (QED) is 0.347. The van der Waals surface area contributed by atoms with Gasteiger partial charge in [-0.1, -0.05) is 36.4 Å². The van der Waals surface area contributed by atoms with Crippen molar-refractivity contribution < 1.29 is 9.53 Å². The first-order valence-electron chi connectivity index (χ1n) is 4.87. The molecule has 0 radical (unpaired) electrons. The van der Waals surface area contributed by atoms with Gasteiger partial charge in [-0.05, 0) is 17.2 Å². The van der Waals surface area contributed by atoms with E-state index in [1.54, 1.807) is 6.08 Å². The fraction of sp³-hybridized carbons (Fsp3) is 0.154. The Bertz CT molecular complexity index is 394. The molecule has 1 aromatic rings. The number of allylic oxidation sites excluding steroid dienone is 2. The molecule has 0 atom stereocenters. The van der Waals surface area contributed by atoms with E-state index in [2.05, 4.69) is 0 Å². The van der Waals surface area contributed by atoms with Crippen LogP contribution in [0.15, 0.2) is 48.2 Å². The molecule has 0 fully saturated rings. The summed E-state index contributed by atoms with van der Waals surface area (Å²) < 4.78 is 4.69. The second-order valence-corrected chi connectivity index (χ2v) is 3.44. The molecule has 2 nitrogen and oxygen atoms in total. The molecule has 0 spiro atoms. The van der Waals surface area contributed by atoms with E-state index in [0.29, 0.717) is 5.88 Å². The summed E-state index contributed by atoms with van der Waals surface area (Å²) in [6, 6.07) is 9.81. The second kappa shape index (κ2) is 6.85. The maximum atomic E-state index is 10.5. The van der Waals surface area contributed by atoms with Gasteiger partial charge >= 0.3 is 5.97 Å². The van der Waals surface area contributed by atoms with Crippen molar-refractivity contribution in [3.63, 3.8) is 0 Å². The maximum absolute atomic E-state index is 10.5. The van der Waals surface area contributed by atoms with Gasteiger partial charge in [-0.25, -0.2) is 0 Å². The van der Waals surface area contributed by atoms with Crippen molar-refractivity contribution in [1.29, 1.82) is 0 Å². The van der Waals surface area contributed by atoms with Crippen LogP contribution in [0.25, 0.3) is 6.08 Å². The summed E-state index contributed by atoms with van der Waals surface area (Å²) in [7, 11) is 0. The maximum Gasteiger partial charge on any atom is 0.307 e. The zero-order valence-corrected chi connectivity index (χ0v) is 9.78. The number of hydrogen-bond acceptors (Lipinski definition) is 2. The van der Waals surface area contributed by atoms with E-state index < -0.39 is 0 Å². The highest BCUT2D eigenvalue weighted by Gasteiger charge is 1.92. The van der Waals surface area contributed by atoms with Crippen LogP contribution >= 0.6 is 11.6 Å². The number of ether oxygens (including phenoxy) is 1. The molecule has 0 aliphatic rings. The highest BCUT2D eigenvalue weighted by molar-refractivity contribution is 6.20. The lowest BCUT2D eigenvalue weighted by Gasteiger charge is -1.97. The summed E-state index contributed by atoms with van der Waals surface area (Å²) in [5.41, 5.74) is 1.94. The minimum atomic E-state index is -0.343. The molecule has 0 aliphatic heterocycles. The van der Waals surface area contributed by atoms with Crippen LogP contribution in [-0.2, 0) is 9.53 Å². The predicted molar refractivity (Wildman–Crippen MR) is 66.0 cm³/mol. The van der Waals surface area contributed by atoms with Gasteiger partial charge in [0.25, 0.3) is 0 Å². The average molecular weight is 237 g/mol. The van der Waals surface area contributed by atoms with Crippen LogP contribution in [0.5, 0.6) is 0 Å². The minimum absolute atomic E-state index is 0.343. The fourth-order valence-electron chi connectivity index (χ4n) is 1.11. The third-order valence-electron chi connectivity index (χ3n) is 1.82. The topological polar surface area (TPSA) is 26.3 Å². The van der Waals surface area contributed by atoms with Gasteiger partial charge in [0, 0.05) is 12.8 Å². The van der Waals surface area contributed by atoms with Gasteiger partial charge in [-0.15, -0.1) is 11.6 Å². The molecule has 0 aliphatic carbocycles. The smallest absolute Gasteiger partial charge is 0.307 e. The Morgan fingerprint density at radius 3 is 2.62 bits per heavy atom. The van der Waals surface area contributed by atoms with Crippen molar-refractivity contribution >= 4 is 23.6 Å². The lowest BCUT2D eigenvalue weighted by molar-refractivity contribution is -0.135. The van der Waals surface area contributed by atoms with Crippen molar-refractivity contribution in [1.82, 2.24) is 0 Å². The van der Waals surface area contributed by atoms with Crippen molar-refractivity contribution in [2.24, 2.45) is 0 Å². The van der Waals surface area contributed by atoms with Crippen LogP contribution in [-0.4, -0.2) is 11.8 Å². The molecule has 1 aromatic carbocycles. The van der Waals surface area contributed by atoms with Gasteiger partial charge in [-0.2, -0.15) is 0 Å². The van der Waals surface area contributed by atoms with Crippen molar-refractivity contribution in [2.75, 3.05) is 5.88 Å². The van der Waals surface area contributed by atoms with Gasteiger partial charge in [0.15, 0.2) is 0 Å². The Hall–Kier alpha value is -1.54. The summed E-state index contributed by atoms with van der Waals surface area (Å²) in [6.07, 6.45) is 4.97. The van der Waals surface area contributed by atoms with Gasteiger partial charge in [0.2, 0.25) is 0 Å². The van der Waals surface area contributed by atoms with Crippen LogP contribution in [0.2, 0.25) is 0 Å². The van der Waals surface area contributed by atoms with E-state index >= 15 is 0 Å². The number of hydrogen-bond donors (Lipinski definition) is 0. The van der Waals surface area contributed by atoms with Gasteiger partial charge in [0.1, 0.15) is 0 Å². The predicted octanol–water partition coefficient (Wildman–Crippen LogP) is 3.39.